The van der Waals surface area contributed by atoms with Crippen LogP contribution < -0.4 is 10.1 Å². The summed E-state index contributed by atoms with van der Waals surface area (Å²) in [6, 6.07) is 7.45. The van der Waals surface area contributed by atoms with Gasteiger partial charge in [0.1, 0.15) is 6.10 Å². The molecule has 1 saturated heterocycles. The van der Waals surface area contributed by atoms with Gasteiger partial charge in [-0.2, -0.15) is 13.2 Å². The van der Waals surface area contributed by atoms with Crippen LogP contribution in [0.3, 0.4) is 0 Å². The number of alkyl halides is 3. The number of ether oxygens (including phenoxy) is 1. The van der Waals surface area contributed by atoms with Crippen molar-refractivity contribution in [2.24, 2.45) is 0 Å². The molecule has 1 aliphatic rings. The average Bonchev–Trinajstić information content (AvgIpc) is 2.51. The summed E-state index contributed by atoms with van der Waals surface area (Å²) in [7, 11) is 0. The first-order valence-corrected chi connectivity index (χ1v) is 7.71. The lowest BCUT2D eigenvalue weighted by Crippen LogP contribution is -2.57. The van der Waals surface area contributed by atoms with Crippen molar-refractivity contribution in [2.75, 3.05) is 18.4 Å². The van der Waals surface area contributed by atoms with Crippen LogP contribution in [0.25, 0.3) is 0 Å². The fraction of sp³-hybridized carbons (Fsp3) is 0.250. The Bertz CT molecular complexity index is 762. The molecule has 0 radical (unpaired) electrons. The maximum atomic E-state index is 12.9. The van der Waals surface area contributed by atoms with Crippen LogP contribution in [-0.2, 0) is 6.18 Å². The van der Waals surface area contributed by atoms with Crippen molar-refractivity contribution in [3.05, 3.63) is 53.2 Å². The molecule has 3 rings (SSSR count). The van der Waals surface area contributed by atoms with Gasteiger partial charge in [-0.3, -0.25) is 0 Å². The van der Waals surface area contributed by atoms with Crippen molar-refractivity contribution in [2.45, 2.75) is 12.3 Å². The molecule has 0 bridgehead atoms. The molecule has 1 aromatic carbocycles. The third kappa shape index (κ3) is 4.14. The first kappa shape index (κ1) is 17.3. The number of para-hydroxylation sites is 1. The molecule has 0 atom stereocenters. The highest BCUT2D eigenvalue weighted by molar-refractivity contribution is 6.30. The third-order valence-corrected chi connectivity index (χ3v) is 3.82. The summed E-state index contributed by atoms with van der Waals surface area (Å²) in [4.78, 5) is 17.4. The SMILES string of the molecule is O=C(Nc1ccccc1C(F)(F)F)N1CC(Oc2ccc(Cl)cn2)C1. The third-order valence-electron chi connectivity index (χ3n) is 3.60. The number of hydrogen-bond donors (Lipinski definition) is 1. The number of nitrogens with one attached hydrogen (secondary N) is 1. The van der Waals surface area contributed by atoms with Gasteiger partial charge in [0.2, 0.25) is 5.88 Å². The molecule has 2 amide bonds. The second-order valence-electron chi connectivity index (χ2n) is 5.43. The van der Waals surface area contributed by atoms with Crippen LogP contribution in [0.15, 0.2) is 42.6 Å². The molecule has 2 aromatic rings. The number of nitrogens with zero attached hydrogens (tertiary/aromatic N) is 2. The van der Waals surface area contributed by atoms with Gasteiger partial charge in [-0.25, -0.2) is 9.78 Å². The van der Waals surface area contributed by atoms with Gasteiger partial charge < -0.3 is 15.0 Å². The summed E-state index contributed by atoms with van der Waals surface area (Å²) in [6.45, 7) is 0.509. The number of carbonyl (C=O) groups is 1. The Labute approximate surface area is 146 Å². The van der Waals surface area contributed by atoms with Crippen LogP contribution in [0.4, 0.5) is 23.7 Å². The number of anilines is 1. The van der Waals surface area contributed by atoms with Gasteiger partial charge in [0.05, 0.1) is 29.4 Å². The lowest BCUT2D eigenvalue weighted by Gasteiger charge is -2.38. The molecule has 1 aromatic heterocycles. The van der Waals surface area contributed by atoms with Crippen LogP contribution in [0.2, 0.25) is 5.02 Å². The minimum atomic E-state index is -4.54. The fourth-order valence-corrected chi connectivity index (χ4v) is 2.43. The lowest BCUT2D eigenvalue weighted by atomic mass is 10.1. The summed E-state index contributed by atoms with van der Waals surface area (Å²) in [5, 5.41) is 2.77. The molecule has 132 valence electrons. The van der Waals surface area contributed by atoms with Gasteiger partial charge in [0.25, 0.3) is 0 Å². The van der Waals surface area contributed by atoms with E-state index in [1.807, 2.05) is 0 Å². The van der Waals surface area contributed by atoms with E-state index in [1.165, 1.54) is 29.3 Å². The van der Waals surface area contributed by atoms with Gasteiger partial charge in [0.15, 0.2) is 0 Å². The Morgan fingerprint density at radius 2 is 1.96 bits per heavy atom. The number of benzene rings is 1. The van der Waals surface area contributed by atoms with Crippen molar-refractivity contribution in [3.63, 3.8) is 0 Å². The summed E-state index contributed by atoms with van der Waals surface area (Å²) in [5.74, 6) is 0.372. The number of halogens is 4. The van der Waals surface area contributed by atoms with E-state index in [1.54, 1.807) is 12.1 Å². The number of amides is 2. The standard InChI is InChI=1S/C16H13ClF3N3O2/c17-10-5-6-14(21-7-10)25-11-8-23(9-11)15(24)22-13-4-2-1-3-12(13)16(18,19)20/h1-7,11H,8-9H2,(H,22,24). The van der Waals surface area contributed by atoms with E-state index in [0.29, 0.717) is 10.9 Å². The first-order chi connectivity index (χ1) is 11.8. The number of carbonyl (C=O) groups excluding carboxylic acids is 1. The van der Waals surface area contributed by atoms with Crippen LogP contribution in [0, 0.1) is 0 Å². The van der Waals surface area contributed by atoms with Gasteiger partial charge in [0, 0.05) is 12.3 Å². The number of hydrogen-bond acceptors (Lipinski definition) is 3. The molecule has 0 unspecified atom stereocenters. The molecule has 0 aliphatic carbocycles. The highest BCUT2D eigenvalue weighted by atomic mass is 35.5. The highest BCUT2D eigenvalue weighted by Crippen LogP contribution is 2.34. The van der Waals surface area contributed by atoms with Crippen molar-refractivity contribution in [1.82, 2.24) is 9.88 Å². The minimum Gasteiger partial charge on any atom is -0.471 e. The molecule has 0 saturated carbocycles. The van der Waals surface area contributed by atoms with E-state index < -0.39 is 17.8 Å². The summed E-state index contributed by atoms with van der Waals surface area (Å²) >= 11 is 5.72. The zero-order valence-corrected chi connectivity index (χ0v) is 13.5. The van der Waals surface area contributed by atoms with Crippen molar-refractivity contribution < 1.29 is 22.7 Å². The summed E-state index contributed by atoms with van der Waals surface area (Å²) < 4.78 is 44.3. The predicted octanol–water partition coefficient (Wildman–Crippen LogP) is 4.05. The van der Waals surface area contributed by atoms with E-state index in [2.05, 4.69) is 10.3 Å². The molecular formula is C16H13ClF3N3O2. The molecule has 5 nitrogen and oxygen atoms in total. The van der Waals surface area contributed by atoms with E-state index >= 15 is 0 Å². The Hall–Kier alpha value is -2.48. The maximum absolute atomic E-state index is 12.9. The molecule has 1 N–H and O–H groups in total. The molecule has 0 spiro atoms. The largest absolute Gasteiger partial charge is 0.471 e. The highest BCUT2D eigenvalue weighted by Gasteiger charge is 2.36. The van der Waals surface area contributed by atoms with Gasteiger partial charge in [-0.15, -0.1) is 0 Å². The number of urea groups is 1. The second kappa shape index (κ2) is 6.79. The molecule has 9 heteroatoms. The quantitative estimate of drug-likeness (QED) is 0.885. The molecule has 1 fully saturated rings. The van der Waals surface area contributed by atoms with E-state index in [0.717, 1.165) is 6.07 Å². The Morgan fingerprint density at radius 1 is 1.24 bits per heavy atom. The van der Waals surface area contributed by atoms with E-state index in [9.17, 15) is 18.0 Å². The normalized spacial score (nSPS) is 14.8. The first-order valence-electron chi connectivity index (χ1n) is 7.33. The number of pyridine rings is 1. The van der Waals surface area contributed by atoms with Gasteiger partial charge in [-0.1, -0.05) is 23.7 Å². The Morgan fingerprint density at radius 3 is 2.60 bits per heavy atom. The maximum Gasteiger partial charge on any atom is 0.418 e. The Kier molecular flexibility index (Phi) is 4.71. The molecule has 2 heterocycles. The summed E-state index contributed by atoms with van der Waals surface area (Å²) in [6.07, 6.45) is -3.36. The monoisotopic (exact) mass is 371 g/mol. The van der Waals surface area contributed by atoms with E-state index in [-0.39, 0.29) is 24.9 Å². The predicted molar refractivity (Wildman–Crippen MR) is 85.7 cm³/mol. The van der Waals surface area contributed by atoms with Crippen molar-refractivity contribution in [3.8, 4) is 5.88 Å². The smallest absolute Gasteiger partial charge is 0.418 e. The van der Waals surface area contributed by atoms with Crippen LogP contribution in [0.1, 0.15) is 5.56 Å². The lowest BCUT2D eigenvalue weighted by molar-refractivity contribution is -0.136. The van der Waals surface area contributed by atoms with Crippen LogP contribution in [-0.4, -0.2) is 35.1 Å². The topological polar surface area (TPSA) is 54.5 Å². The van der Waals surface area contributed by atoms with Crippen LogP contribution >= 0.6 is 11.6 Å². The number of likely N-dealkylation sites (tertiary alicyclic amines) is 1. The molecular weight excluding hydrogens is 359 g/mol. The molecule has 1 aliphatic heterocycles. The number of rotatable bonds is 3. The van der Waals surface area contributed by atoms with Crippen molar-refractivity contribution in [1.29, 1.82) is 0 Å². The Balaban J connectivity index is 1.55. The zero-order chi connectivity index (χ0) is 18.0. The van der Waals surface area contributed by atoms with E-state index in [4.69, 9.17) is 16.3 Å². The molecule has 25 heavy (non-hydrogen) atoms. The van der Waals surface area contributed by atoms with Gasteiger partial charge >= 0.3 is 12.2 Å². The van der Waals surface area contributed by atoms with Gasteiger partial charge in [-0.05, 0) is 18.2 Å². The summed E-state index contributed by atoms with van der Waals surface area (Å²) in [5.41, 5.74) is -1.16. The number of aromatic nitrogens is 1. The zero-order valence-electron chi connectivity index (χ0n) is 12.8. The van der Waals surface area contributed by atoms with Crippen molar-refractivity contribution >= 4 is 23.3 Å². The second-order valence-corrected chi connectivity index (χ2v) is 5.87. The van der Waals surface area contributed by atoms with Crippen LogP contribution in [0.5, 0.6) is 5.88 Å². The average molecular weight is 372 g/mol. The minimum absolute atomic E-state index is 0.254. The fourth-order valence-electron chi connectivity index (χ4n) is 2.31.